The molecule has 0 spiro atoms. The van der Waals surface area contributed by atoms with Crippen molar-refractivity contribution in [2.45, 2.75) is 17.9 Å². The average molecular weight is 320 g/mol. The summed E-state index contributed by atoms with van der Waals surface area (Å²) in [5, 5.41) is 7.44. The standard InChI is InChI=1S/C15H20N4O2S/c1-12-15(11-18(2)17-12)22(20,21)19-9-8-16-10-14(19)13-6-4-3-5-7-13/h3-7,11,14,16H,8-10H2,1-2H3/t14-/m0/s1. The second-order valence-corrected chi connectivity index (χ2v) is 7.36. The molecule has 3 rings (SSSR count). The van der Waals surface area contributed by atoms with Crippen LogP contribution in [0, 0.1) is 6.92 Å². The third-order valence-corrected chi connectivity index (χ3v) is 5.94. The van der Waals surface area contributed by atoms with Crippen molar-refractivity contribution in [2.24, 2.45) is 7.05 Å². The van der Waals surface area contributed by atoms with Gasteiger partial charge >= 0.3 is 0 Å². The van der Waals surface area contributed by atoms with Gasteiger partial charge in [0.2, 0.25) is 10.0 Å². The van der Waals surface area contributed by atoms with E-state index in [4.69, 9.17) is 0 Å². The highest BCUT2D eigenvalue weighted by molar-refractivity contribution is 7.89. The quantitative estimate of drug-likeness (QED) is 0.918. The Balaban J connectivity index is 2.02. The molecule has 0 radical (unpaired) electrons. The van der Waals surface area contributed by atoms with Crippen molar-refractivity contribution >= 4 is 10.0 Å². The lowest BCUT2D eigenvalue weighted by molar-refractivity contribution is 0.271. The van der Waals surface area contributed by atoms with E-state index in [0.717, 1.165) is 5.56 Å². The second kappa shape index (κ2) is 5.83. The molecule has 118 valence electrons. The summed E-state index contributed by atoms with van der Waals surface area (Å²) in [5.74, 6) is 0. The van der Waals surface area contributed by atoms with Crippen molar-refractivity contribution in [3.05, 3.63) is 47.8 Å². The summed E-state index contributed by atoms with van der Waals surface area (Å²) in [6, 6.07) is 9.55. The fourth-order valence-electron chi connectivity index (χ4n) is 2.89. The van der Waals surface area contributed by atoms with Crippen molar-refractivity contribution in [1.29, 1.82) is 0 Å². The first-order valence-corrected chi connectivity index (χ1v) is 8.72. The highest BCUT2D eigenvalue weighted by Gasteiger charge is 2.36. The van der Waals surface area contributed by atoms with E-state index in [9.17, 15) is 8.42 Å². The molecule has 1 saturated heterocycles. The van der Waals surface area contributed by atoms with E-state index in [2.05, 4.69) is 10.4 Å². The zero-order chi connectivity index (χ0) is 15.7. The second-order valence-electron chi connectivity index (χ2n) is 5.50. The van der Waals surface area contributed by atoms with E-state index < -0.39 is 10.0 Å². The van der Waals surface area contributed by atoms with Crippen molar-refractivity contribution in [2.75, 3.05) is 19.6 Å². The molecule has 0 saturated carbocycles. The van der Waals surface area contributed by atoms with E-state index in [1.807, 2.05) is 30.3 Å². The van der Waals surface area contributed by atoms with Crippen LogP contribution in [0.2, 0.25) is 0 Å². The molecular formula is C15H20N4O2S. The van der Waals surface area contributed by atoms with Gasteiger partial charge in [0.25, 0.3) is 0 Å². The van der Waals surface area contributed by atoms with Gasteiger partial charge in [0.05, 0.1) is 11.7 Å². The lowest BCUT2D eigenvalue weighted by atomic mass is 10.1. The highest BCUT2D eigenvalue weighted by atomic mass is 32.2. The number of nitrogens with zero attached hydrogens (tertiary/aromatic N) is 3. The SMILES string of the molecule is Cc1nn(C)cc1S(=O)(=O)N1CCNC[C@H]1c1ccccc1. The predicted octanol–water partition coefficient (Wildman–Crippen LogP) is 1.06. The van der Waals surface area contributed by atoms with E-state index in [-0.39, 0.29) is 10.9 Å². The van der Waals surface area contributed by atoms with Gasteiger partial charge in [-0.25, -0.2) is 8.42 Å². The van der Waals surface area contributed by atoms with Crippen LogP contribution in [-0.2, 0) is 17.1 Å². The molecule has 6 nitrogen and oxygen atoms in total. The molecule has 2 heterocycles. The van der Waals surface area contributed by atoms with Gasteiger partial charge in [-0.2, -0.15) is 9.40 Å². The lowest BCUT2D eigenvalue weighted by Gasteiger charge is -2.35. The Kier molecular flexibility index (Phi) is 4.03. The topological polar surface area (TPSA) is 67.2 Å². The molecule has 0 unspecified atom stereocenters. The molecule has 0 aliphatic carbocycles. The Bertz CT molecular complexity index is 755. The first-order valence-electron chi connectivity index (χ1n) is 7.28. The molecule has 2 aromatic rings. The maximum Gasteiger partial charge on any atom is 0.247 e. The minimum absolute atomic E-state index is 0.195. The molecule has 0 bridgehead atoms. The zero-order valence-corrected chi connectivity index (χ0v) is 13.5. The van der Waals surface area contributed by atoms with Gasteiger partial charge in [-0.1, -0.05) is 30.3 Å². The smallest absolute Gasteiger partial charge is 0.247 e. The molecule has 1 atom stereocenters. The fourth-order valence-corrected chi connectivity index (χ4v) is 4.71. The number of hydrogen-bond acceptors (Lipinski definition) is 4. The molecule has 1 aliphatic heterocycles. The van der Waals surface area contributed by atoms with E-state index in [1.54, 1.807) is 29.2 Å². The Hall–Kier alpha value is -1.70. The van der Waals surface area contributed by atoms with Crippen molar-refractivity contribution in [1.82, 2.24) is 19.4 Å². The van der Waals surface area contributed by atoms with E-state index >= 15 is 0 Å². The van der Waals surface area contributed by atoms with Crippen LogP contribution >= 0.6 is 0 Å². The molecule has 1 aliphatic rings. The number of benzene rings is 1. The van der Waals surface area contributed by atoms with Crippen molar-refractivity contribution < 1.29 is 8.42 Å². The van der Waals surface area contributed by atoms with Crippen LogP contribution < -0.4 is 5.32 Å². The summed E-state index contributed by atoms with van der Waals surface area (Å²) < 4.78 is 29.2. The predicted molar refractivity (Wildman–Crippen MR) is 83.9 cm³/mol. The maximum absolute atomic E-state index is 13.0. The van der Waals surface area contributed by atoms with Crippen molar-refractivity contribution in [3.63, 3.8) is 0 Å². The molecule has 0 amide bonds. The maximum atomic E-state index is 13.0. The van der Waals surface area contributed by atoms with Crippen LogP contribution in [0.1, 0.15) is 17.3 Å². The summed E-state index contributed by atoms with van der Waals surface area (Å²) in [6.45, 7) is 3.45. The van der Waals surface area contributed by atoms with Gasteiger partial charge in [0.15, 0.2) is 0 Å². The Morgan fingerprint density at radius 1 is 1.27 bits per heavy atom. The number of aryl methyl sites for hydroxylation is 2. The van der Waals surface area contributed by atoms with Crippen LogP contribution in [0.15, 0.2) is 41.4 Å². The van der Waals surface area contributed by atoms with Gasteiger partial charge < -0.3 is 5.32 Å². The summed E-state index contributed by atoms with van der Waals surface area (Å²) in [7, 11) is -1.82. The Morgan fingerprint density at radius 3 is 2.64 bits per heavy atom. The Labute approximate surface area is 130 Å². The number of piperazine rings is 1. The lowest BCUT2D eigenvalue weighted by Crippen LogP contribution is -2.48. The first kappa shape index (κ1) is 15.2. The monoisotopic (exact) mass is 320 g/mol. The average Bonchev–Trinajstić information content (AvgIpc) is 2.87. The molecule has 1 aromatic carbocycles. The fraction of sp³-hybridized carbons (Fsp3) is 0.400. The number of sulfonamides is 1. The molecule has 1 aromatic heterocycles. The summed E-state index contributed by atoms with van der Waals surface area (Å²) in [6.07, 6.45) is 1.58. The van der Waals surface area contributed by atoms with Gasteiger partial charge in [-0.3, -0.25) is 4.68 Å². The normalized spacial score (nSPS) is 20.2. The molecule has 1 N–H and O–H groups in total. The van der Waals surface area contributed by atoms with Crippen LogP contribution in [0.25, 0.3) is 0 Å². The summed E-state index contributed by atoms with van der Waals surface area (Å²) in [5.41, 5.74) is 1.53. The van der Waals surface area contributed by atoms with Gasteiger partial charge in [-0.05, 0) is 12.5 Å². The van der Waals surface area contributed by atoms with Crippen LogP contribution in [0.4, 0.5) is 0 Å². The molecule has 22 heavy (non-hydrogen) atoms. The zero-order valence-electron chi connectivity index (χ0n) is 12.7. The first-order chi connectivity index (χ1) is 10.5. The molecule has 7 heteroatoms. The van der Waals surface area contributed by atoms with Gasteiger partial charge in [-0.15, -0.1) is 0 Å². The highest BCUT2D eigenvalue weighted by Crippen LogP contribution is 2.29. The van der Waals surface area contributed by atoms with E-state index in [1.165, 1.54) is 0 Å². The minimum Gasteiger partial charge on any atom is -0.313 e. The number of hydrogen-bond donors (Lipinski definition) is 1. The number of nitrogens with one attached hydrogen (secondary N) is 1. The molecular weight excluding hydrogens is 300 g/mol. The number of aromatic nitrogens is 2. The van der Waals surface area contributed by atoms with Crippen LogP contribution in [-0.4, -0.2) is 42.1 Å². The summed E-state index contributed by atoms with van der Waals surface area (Å²) in [4.78, 5) is 0.290. The van der Waals surface area contributed by atoms with Crippen LogP contribution in [0.3, 0.4) is 0 Å². The van der Waals surface area contributed by atoms with Crippen LogP contribution in [0.5, 0.6) is 0 Å². The number of rotatable bonds is 3. The van der Waals surface area contributed by atoms with Gasteiger partial charge in [0, 0.05) is 32.9 Å². The minimum atomic E-state index is -3.56. The Morgan fingerprint density at radius 2 is 2.00 bits per heavy atom. The largest absolute Gasteiger partial charge is 0.313 e. The van der Waals surface area contributed by atoms with E-state index in [0.29, 0.717) is 25.3 Å². The van der Waals surface area contributed by atoms with Crippen molar-refractivity contribution in [3.8, 4) is 0 Å². The summed E-state index contributed by atoms with van der Waals surface area (Å²) >= 11 is 0. The third kappa shape index (κ3) is 2.67. The van der Waals surface area contributed by atoms with Gasteiger partial charge in [0.1, 0.15) is 4.90 Å². The molecule has 1 fully saturated rings. The third-order valence-electron chi connectivity index (χ3n) is 3.93.